The number of carbonyl (C=O) groups excluding carboxylic acids is 1. The Morgan fingerprint density at radius 2 is 1.84 bits per heavy atom. The highest BCUT2D eigenvalue weighted by Gasteiger charge is 2.13. The highest BCUT2D eigenvalue weighted by atomic mass is 16.2. The van der Waals surface area contributed by atoms with Gasteiger partial charge in [-0.3, -0.25) is 18.7 Å². The lowest BCUT2D eigenvalue weighted by Gasteiger charge is -2.10. The molecule has 25 heavy (non-hydrogen) atoms. The first-order valence-electron chi connectivity index (χ1n) is 7.45. The van der Waals surface area contributed by atoms with Crippen LogP contribution in [0.3, 0.4) is 0 Å². The number of nitrogens with zero attached hydrogens (tertiary/aromatic N) is 5. The fourth-order valence-electron chi connectivity index (χ4n) is 2.34. The summed E-state index contributed by atoms with van der Waals surface area (Å²) < 4.78 is 3.76. The van der Waals surface area contributed by atoms with E-state index in [0.717, 1.165) is 20.8 Å². The maximum absolute atomic E-state index is 12.4. The van der Waals surface area contributed by atoms with Crippen LogP contribution in [0.2, 0.25) is 0 Å². The standard InChI is InChI=1S/C16H16N6O3/c1-20-13(7-14(23)21(2)16(20)25)15(24)19-12-5-3-11(4-6-12)8-22-10-17-9-18-22/h3-7,9-10H,8H2,1-2H3,(H,19,24). The third-order valence-electron chi connectivity index (χ3n) is 3.78. The Hall–Kier alpha value is -3.49. The van der Waals surface area contributed by atoms with Gasteiger partial charge < -0.3 is 5.32 Å². The zero-order valence-corrected chi connectivity index (χ0v) is 13.7. The van der Waals surface area contributed by atoms with Gasteiger partial charge >= 0.3 is 5.69 Å². The van der Waals surface area contributed by atoms with Gasteiger partial charge in [0.25, 0.3) is 11.5 Å². The van der Waals surface area contributed by atoms with E-state index in [9.17, 15) is 14.4 Å². The smallest absolute Gasteiger partial charge is 0.321 e. The van der Waals surface area contributed by atoms with Gasteiger partial charge in [-0.15, -0.1) is 0 Å². The largest absolute Gasteiger partial charge is 0.331 e. The molecule has 3 aromatic rings. The molecule has 0 aliphatic heterocycles. The maximum Gasteiger partial charge on any atom is 0.331 e. The molecule has 0 bridgehead atoms. The van der Waals surface area contributed by atoms with Crippen molar-refractivity contribution in [3.63, 3.8) is 0 Å². The van der Waals surface area contributed by atoms with Crippen molar-refractivity contribution in [2.45, 2.75) is 6.54 Å². The fraction of sp³-hybridized carbons (Fsp3) is 0.188. The number of carbonyl (C=O) groups is 1. The maximum atomic E-state index is 12.4. The summed E-state index contributed by atoms with van der Waals surface area (Å²) in [4.78, 5) is 39.8. The molecule has 2 aromatic heterocycles. The van der Waals surface area contributed by atoms with Gasteiger partial charge in [-0.2, -0.15) is 5.10 Å². The topological polar surface area (TPSA) is 104 Å². The summed E-state index contributed by atoms with van der Waals surface area (Å²) in [6.07, 6.45) is 3.08. The van der Waals surface area contributed by atoms with E-state index in [-0.39, 0.29) is 5.69 Å². The molecule has 9 heteroatoms. The zero-order chi connectivity index (χ0) is 18.0. The Balaban J connectivity index is 1.77. The first kappa shape index (κ1) is 16.4. The van der Waals surface area contributed by atoms with E-state index in [4.69, 9.17) is 0 Å². The van der Waals surface area contributed by atoms with Gasteiger partial charge in [-0.25, -0.2) is 14.5 Å². The van der Waals surface area contributed by atoms with Crippen molar-refractivity contribution in [3.8, 4) is 0 Å². The molecule has 0 aliphatic carbocycles. The molecular weight excluding hydrogens is 324 g/mol. The molecule has 1 aromatic carbocycles. The van der Waals surface area contributed by atoms with Crippen LogP contribution < -0.4 is 16.6 Å². The van der Waals surface area contributed by atoms with E-state index in [0.29, 0.717) is 12.2 Å². The Morgan fingerprint density at radius 1 is 1.12 bits per heavy atom. The number of aromatic nitrogens is 5. The monoisotopic (exact) mass is 340 g/mol. The normalized spacial score (nSPS) is 10.6. The molecule has 1 N–H and O–H groups in total. The van der Waals surface area contributed by atoms with Crippen molar-refractivity contribution in [1.82, 2.24) is 23.9 Å². The number of amides is 1. The molecule has 0 radical (unpaired) electrons. The summed E-state index contributed by atoms with van der Waals surface area (Å²) in [5.74, 6) is -0.527. The summed E-state index contributed by atoms with van der Waals surface area (Å²) >= 11 is 0. The average Bonchev–Trinajstić information content (AvgIpc) is 3.11. The molecule has 0 aliphatic rings. The van der Waals surface area contributed by atoms with E-state index < -0.39 is 17.2 Å². The molecule has 3 rings (SSSR count). The quantitative estimate of drug-likeness (QED) is 0.719. The predicted octanol–water partition coefficient (Wildman–Crippen LogP) is -0.0239. The molecule has 128 valence electrons. The zero-order valence-electron chi connectivity index (χ0n) is 13.7. The van der Waals surface area contributed by atoms with Crippen LogP contribution in [-0.2, 0) is 20.6 Å². The van der Waals surface area contributed by atoms with E-state index >= 15 is 0 Å². The van der Waals surface area contributed by atoms with Gasteiger partial charge in [0.05, 0.1) is 6.54 Å². The van der Waals surface area contributed by atoms with E-state index in [1.165, 1.54) is 20.4 Å². The highest BCUT2D eigenvalue weighted by molar-refractivity contribution is 6.02. The van der Waals surface area contributed by atoms with Crippen LogP contribution in [0.4, 0.5) is 5.69 Å². The van der Waals surface area contributed by atoms with Crippen LogP contribution >= 0.6 is 0 Å². The van der Waals surface area contributed by atoms with Crippen LogP contribution in [0.25, 0.3) is 0 Å². The van der Waals surface area contributed by atoms with Crippen molar-refractivity contribution in [2.75, 3.05) is 5.32 Å². The van der Waals surface area contributed by atoms with Crippen LogP contribution in [-0.4, -0.2) is 29.8 Å². The Kier molecular flexibility index (Phi) is 4.29. The molecule has 0 saturated carbocycles. The minimum absolute atomic E-state index is 0.000193. The average molecular weight is 340 g/mol. The molecule has 0 spiro atoms. The third kappa shape index (κ3) is 3.39. The second kappa shape index (κ2) is 6.56. The Labute approximate surface area is 142 Å². The van der Waals surface area contributed by atoms with E-state index in [2.05, 4.69) is 15.4 Å². The molecule has 1 amide bonds. The van der Waals surface area contributed by atoms with Crippen LogP contribution in [0, 0.1) is 0 Å². The van der Waals surface area contributed by atoms with Gasteiger partial charge in [0.1, 0.15) is 18.3 Å². The highest BCUT2D eigenvalue weighted by Crippen LogP contribution is 2.11. The van der Waals surface area contributed by atoms with Crippen LogP contribution in [0.1, 0.15) is 16.1 Å². The van der Waals surface area contributed by atoms with Crippen molar-refractivity contribution in [1.29, 1.82) is 0 Å². The fourth-order valence-corrected chi connectivity index (χ4v) is 2.34. The van der Waals surface area contributed by atoms with Crippen molar-refractivity contribution in [3.05, 3.63) is 75.1 Å². The number of nitrogens with one attached hydrogen (secondary N) is 1. The van der Waals surface area contributed by atoms with Gasteiger partial charge in [0.15, 0.2) is 0 Å². The summed E-state index contributed by atoms with van der Waals surface area (Å²) in [5.41, 5.74) is 0.460. The van der Waals surface area contributed by atoms with Crippen molar-refractivity contribution >= 4 is 11.6 Å². The molecule has 2 heterocycles. The van der Waals surface area contributed by atoms with Gasteiger partial charge in [0, 0.05) is 25.8 Å². The van der Waals surface area contributed by atoms with Crippen LogP contribution in [0.15, 0.2) is 52.6 Å². The first-order valence-corrected chi connectivity index (χ1v) is 7.45. The lowest BCUT2D eigenvalue weighted by molar-refractivity contribution is 0.101. The van der Waals surface area contributed by atoms with Gasteiger partial charge in [0.2, 0.25) is 0 Å². The predicted molar refractivity (Wildman–Crippen MR) is 90.4 cm³/mol. The van der Waals surface area contributed by atoms with Crippen LogP contribution in [0.5, 0.6) is 0 Å². The van der Waals surface area contributed by atoms with Gasteiger partial charge in [-0.05, 0) is 17.7 Å². The first-order chi connectivity index (χ1) is 12.0. The Bertz CT molecular complexity index is 1020. The van der Waals surface area contributed by atoms with E-state index in [1.807, 2.05) is 12.1 Å². The number of hydrogen-bond donors (Lipinski definition) is 1. The molecule has 0 fully saturated rings. The molecule has 0 saturated heterocycles. The minimum atomic E-state index is -0.555. The summed E-state index contributed by atoms with van der Waals surface area (Å²) in [6, 6.07) is 8.31. The summed E-state index contributed by atoms with van der Waals surface area (Å²) in [5, 5.41) is 6.70. The minimum Gasteiger partial charge on any atom is -0.321 e. The second-order valence-corrected chi connectivity index (χ2v) is 5.51. The van der Waals surface area contributed by atoms with E-state index in [1.54, 1.807) is 23.1 Å². The molecule has 9 nitrogen and oxygen atoms in total. The molecule has 0 unspecified atom stereocenters. The SMILES string of the molecule is Cn1c(C(=O)Nc2ccc(Cn3cncn3)cc2)cc(=O)n(C)c1=O. The number of benzene rings is 1. The second-order valence-electron chi connectivity index (χ2n) is 5.51. The number of anilines is 1. The van der Waals surface area contributed by atoms with Crippen molar-refractivity contribution < 1.29 is 4.79 Å². The third-order valence-corrected chi connectivity index (χ3v) is 3.78. The lowest BCUT2D eigenvalue weighted by Crippen LogP contribution is -2.40. The summed E-state index contributed by atoms with van der Waals surface area (Å²) in [6.45, 7) is 0.567. The van der Waals surface area contributed by atoms with Crippen molar-refractivity contribution in [2.24, 2.45) is 14.1 Å². The Morgan fingerprint density at radius 3 is 2.48 bits per heavy atom. The number of hydrogen-bond acceptors (Lipinski definition) is 5. The van der Waals surface area contributed by atoms with Gasteiger partial charge in [-0.1, -0.05) is 12.1 Å². The number of rotatable bonds is 4. The molecule has 0 atom stereocenters. The molecular formula is C16H16N6O3. The summed E-state index contributed by atoms with van der Waals surface area (Å²) in [7, 11) is 2.80. The lowest BCUT2D eigenvalue weighted by atomic mass is 10.2.